The van der Waals surface area contributed by atoms with Crippen LogP contribution < -0.4 is 16.4 Å². The summed E-state index contributed by atoms with van der Waals surface area (Å²) >= 11 is 0. The summed E-state index contributed by atoms with van der Waals surface area (Å²) in [5.74, 6) is -2.17. The Kier molecular flexibility index (Phi) is 4.67. The number of nitrogen functional groups attached to an aromatic ring is 1. The third-order valence-corrected chi connectivity index (χ3v) is 2.00. The fraction of sp³-hybridized carbons (Fsp3) is 0.182. The Morgan fingerprint density at radius 1 is 1.17 bits per heavy atom. The Labute approximate surface area is 103 Å². The lowest BCUT2D eigenvalue weighted by Crippen LogP contribution is -2.39. The molecule has 0 spiro atoms. The Morgan fingerprint density at radius 3 is 2.50 bits per heavy atom. The van der Waals surface area contributed by atoms with Gasteiger partial charge in [0.1, 0.15) is 6.54 Å². The van der Waals surface area contributed by atoms with E-state index in [4.69, 9.17) is 10.8 Å². The van der Waals surface area contributed by atoms with Crippen LogP contribution in [0.4, 0.5) is 5.69 Å². The molecule has 0 fully saturated rings. The van der Waals surface area contributed by atoms with Gasteiger partial charge in [-0.2, -0.15) is 0 Å². The molecule has 2 amide bonds. The second-order valence-electron chi connectivity index (χ2n) is 3.48. The summed E-state index contributed by atoms with van der Waals surface area (Å²) in [6, 6.07) is 6.29. The van der Waals surface area contributed by atoms with Gasteiger partial charge in [-0.05, 0) is 18.2 Å². The van der Waals surface area contributed by atoms with Gasteiger partial charge in [0.25, 0.3) is 5.91 Å². The molecule has 1 aromatic rings. The third kappa shape index (κ3) is 4.52. The number of amides is 2. The molecule has 0 aliphatic rings. The van der Waals surface area contributed by atoms with Crippen LogP contribution in [-0.4, -0.2) is 36.0 Å². The molecule has 0 aliphatic heterocycles. The van der Waals surface area contributed by atoms with Crippen LogP contribution in [0.15, 0.2) is 24.3 Å². The predicted octanol–water partition coefficient (Wildman–Crippen LogP) is -0.801. The summed E-state index contributed by atoms with van der Waals surface area (Å²) in [7, 11) is 0. The average Bonchev–Trinajstić information content (AvgIpc) is 2.33. The average molecular weight is 251 g/mol. The van der Waals surface area contributed by atoms with E-state index in [0.29, 0.717) is 11.3 Å². The van der Waals surface area contributed by atoms with Crippen molar-refractivity contribution in [2.45, 2.75) is 0 Å². The maximum Gasteiger partial charge on any atom is 0.322 e. The summed E-state index contributed by atoms with van der Waals surface area (Å²) in [6.45, 7) is -0.770. The van der Waals surface area contributed by atoms with Crippen LogP contribution in [0.5, 0.6) is 0 Å². The van der Waals surface area contributed by atoms with Crippen LogP contribution in [0, 0.1) is 0 Å². The highest BCUT2D eigenvalue weighted by Crippen LogP contribution is 2.05. The minimum Gasteiger partial charge on any atom is -0.480 e. The molecule has 0 saturated heterocycles. The summed E-state index contributed by atoms with van der Waals surface area (Å²) in [6.07, 6.45) is 0. The van der Waals surface area contributed by atoms with Crippen molar-refractivity contribution in [3.8, 4) is 0 Å². The molecule has 0 unspecified atom stereocenters. The lowest BCUT2D eigenvalue weighted by molar-refractivity contribution is -0.137. The maximum atomic E-state index is 11.6. The minimum absolute atomic E-state index is 0.291. The van der Waals surface area contributed by atoms with Crippen LogP contribution in [0.1, 0.15) is 10.4 Å². The van der Waals surface area contributed by atoms with Gasteiger partial charge in [0.05, 0.1) is 6.54 Å². The van der Waals surface area contributed by atoms with Gasteiger partial charge in [-0.25, -0.2) is 0 Å². The molecule has 1 aromatic carbocycles. The Bertz CT molecular complexity index is 473. The van der Waals surface area contributed by atoms with Gasteiger partial charge in [0, 0.05) is 11.3 Å². The first-order valence-corrected chi connectivity index (χ1v) is 5.11. The lowest BCUT2D eigenvalue weighted by atomic mass is 10.2. The first kappa shape index (κ1) is 13.5. The predicted molar refractivity (Wildman–Crippen MR) is 63.8 cm³/mol. The Balaban J connectivity index is 2.42. The second-order valence-corrected chi connectivity index (χ2v) is 3.48. The minimum atomic E-state index is -1.15. The molecule has 0 saturated carbocycles. The monoisotopic (exact) mass is 251 g/mol. The normalized spacial score (nSPS) is 9.56. The topological polar surface area (TPSA) is 122 Å². The van der Waals surface area contributed by atoms with Crippen LogP contribution in [-0.2, 0) is 9.59 Å². The van der Waals surface area contributed by atoms with E-state index >= 15 is 0 Å². The van der Waals surface area contributed by atoms with Crippen molar-refractivity contribution in [2.75, 3.05) is 18.8 Å². The SMILES string of the molecule is Nc1cccc(C(=O)NCC(=O)NCC(=O)O)c1. The van der Waals surface area contributed by atoms with E-state index in [1.54, 1.807) is 18.2 Å². The van der Waals surface area contributed by atoms with Crippen molar-refractivity contribution < 1.29 is 19.5 Å². The Hall–Kier alpha value is -2.57. The van der Waals surface area contributed by atoms with Crippen molar-refractivity contribution >= 4 is 23.5 Å². The van der Waals surface area contributed by atoms with Gasteiger partial charge in [-0.1, -0.05) is 6.07 Å². The highest BCUT2D eigenvalue weighted by molar-refractivity contribution is 5.97. The number of nitrogens with one attached hydrogen (secondary N) is 2. The van der Waals surface area contributed by atoms with E-state index in [-0.39, 0.29) is 6.54 Å². The van der Waals surface area contributed by atoms with Crippen molar-refractivity contribution in [3.05, 3.63) is 29.8 Å². The largest absolute Gasteiger partial charge is 0.480 e. The molecule has 5 N–H and O–H groups in total. The highest BCUT2D eigenvalue weighted by Gasteiger charge is 2.08. The first-order valence-electron chi connectivity index (χ1n) is 5.11. The van der Waals surface area contributed by atoms with Gasteiger partial charge in [0.2, 0.25) is 5.91 Å². The zero-order chi connectivity index (χ0) is 13.5. The molecular formula is C11H13N3O4. The van der Waals surface area contributed by atoms with Crippen LogP contribution in [0.3, 0.4) is 0 Å². The molecule has 18 heavy (non-hydrogen) atoms. The molecule has 1 rings (SSSR count). The molecule has 0 heterocycles. The standard InChI is InChI=1S/C11H13N3O4/c12-8-3-1-2-7(4-8)11(18)14-5-9(15)13-6-10(16)17/h1-4H,5-6,12H2,(H,13,15)(H,14,18)(H,16,17). The number of rotatable bonds is 5. The number of carbonyl (C=O) groups is 3. The van der Waals surface area contributed by atoms with Gasteiger partial charge in [-0.15, -0.1) is 0 Å². The quantitative estimate of drug-likeness (QED) is 0.510. The lowest BCUT2D eigenvalue weighted by Gasteiger charge is -2.05. The second kappa shape index (κ2) is 6.24. The molecule has 96 valence electrons. The van der Waals surface area contributed by atoms with Crippen molar-refractivity contribution in [1.82, 2.24) is 10.6 Å². The number of carboxylic acids is 1. The molecule has 0 radical (unpaired) electrons. The Morgan fingerprint density at radius 2 is 1.89 bits per heavy atom. The van der Waals surface area contributed by atoms with E-state index in [9.17, 15) is 14.4 Å². The summed E-state index contributed by atoms with van der Waals surface area (Å²) in [5, 5.41) is 12.8. The van der Waals surface area contributed by atoms with E-state index in [0.717, 1.165) is 0 Å². The number of benzene rings is 1. The molecule has 0 atom stereocenters. The van der Waals surface area contributed by atoms with E-state index in [2.05, 4.69) is 10.6 Å². The number of hydrogen-bond acceptors (Lipinski definition) is 4. The zero-order valence-electron chi connectivity index (χ0n) is 9.47. The van der Waals surface area contributed by atoms with Crippen LogP contribution >= 0.6 is 0 Å². The number of carbonyl (C=O) groups excluding carboxylic acids is 2. The number of hydrogen-bond donors (Lipinski definition) is 4. The molecule has 7 heteroatoms. The van der Waals surface area contributed by atoms with Crippen molar-refractivity contribution in [1.29, 1.82) is 0 Å². The van der Waals surface area contributed by atoms with Gasteiger partial charge < -0.3 is 21.5 Å². The third-order valence-electron chi connectivity index (χ3n) is 2.00. The van der Waals surface area contributed by atoms with Crippen molar-refractivity contribution in [2.24, 2.45) is 0 Å². The number of anilines is 1. The fourth-order valence-corrected chi connectivity index (χ4v) is 1.18. The summed E-state index contributed by atoms with van der Waals surface area (Å²) < 4.78 is 0. The molecule has 0 aromatic heterocycles. The fourth-order valence-electron chi connectivity index (χ4n) is 1.18. The number of carboxylic acid groups (broad SMARTS) is 1. The number of aliphatic carboxylic acids is 1. The molecule has 0 aliphatic carbocycles. The summed E-state index contributed by atoms with van der Waals surface area (Å²) in [4.78, 5) is 32.9. The van der Waals surface area contributed by atoms with Crippen LogP contribution in [0.2, 0.25) is 0 Å². The van der Waals surface area contributed by atoms with E-state index < -0.39 is 24.3 Å². The van der Waals surface area contributed by atoms with Gasteiger partial charge >= 0.3 is 5.97 Å². The van der Waals surface area contributed by atoms with Crippen molar-refractivity contribution in [3.63, 3.8) is 0 Å². The highest BCUT2D eigenvalue weighted by atomic mass is 16.4. The first-order chi connectivity index (χ1) is 8.49. The van der Waals surface area contributed by atoms with Crippen LogP contribution in [0.25, 0.3) is 0 Å². The maximum absolute atomic E-state index is 11.6. The van der Waals surface area contributed by atoms with E-state index in [1.165, 1.54) is 6.07 Å². The molecule has 0 bridgehead atoms. The zero-order valence-corrected chi connectivity index (χ0v) is 9.47. The smallest absolute Gasteiger partial charge is 0.322 e. The summed E-state index contributed by atoms with van der Waals surface area (Å²) in [5.41, 5.74) is 6.29. The molecular weight excluding hydrogens is 238 g/mol. The van der Waals surface area contributed by atoms with E-state index in [1.807, 2.05) is 0 Å². The van der Waals surface area contributed by atoms with Gasteiger partial charge in [0.15, 0.2) is 0 Å². The number of nitrogens with two attached hydrogens (primary N) is 1. The van der Waals surface area contributed by atoms with Gasteiger partial charge in [-0.3, -0.25) is 14.4 Å². The molecule has 7 nitrogen and oxygen atoms in total.